The van der Waals surface area contributed by atoms with Gasteiger partial charge in [-0.1, -0.05) is 48.0 Å². The van der Waals surface area contributed by atoms with Gasteiger partial charge in [0.15, 0.2) is 5.69 Å². The van der Waals surface area contributed by atoms with Crippen LogP contribution in [0.25, 0.3) is 0 Å². The van der Waals surface area contributed by atoms with Crippen molar-refractivity contribution in [3.8, 4) is 0 Å². The van der Waals surface area contributed by atoms with E-state index in [1.54, 1.807) is 12.1 Å². The molecule has 5 nitrogen and oxygen atoms in total. The fourth-order valence-corrected chi connectivity index (χ4v) is 2.29. The van der Waals surface area contributed by atoms with Gasteiger partial charge in [-0.2, -0.15) is 0 Å². The van der Waals surface area contributed by atoms with Gasteiger partial charge in [-0.3, -0.25) is 4.79 Å². The Balaban J connectivity index is 1.61. The number of nitrogens with zero attached hydrogens (tertiary/aromatic N) is 2. The second-order valence-electron chi connectivity index (χ2n) is 5.07. The molecule has 0 fully saturated rings. The maximum Gasteiger partial charge on any atom is 0.276 e. The van der Waals surface area contributed by atoms with Crippen molar-refractivity contribution in [2.45, 2.75) is 6.54 Å². The van der Waals surface area contributed by atoms with Crippen molar-refractivity contribution in [3.63, 3.8) is 0 Å². The number of nitrogens with one attached hydrogen (secondary N) is 2. The molecule has 3 aromatic rings. The van der Waals surface area contributed by atoms with Gasteiger partial charge in [0.1, 0.15) is 5.82 Å². The molecule has 1 heterocycles. The Morgan fingerprint density at radius 2 is 1.67 bits per heavy atom. The molecule has 0 aliphatic rings. The van der Waals surface area contributed by atoms with Crippen LogP contribution in [-0.4, -0.2) is 16.1 Å². The number of hydrogen-bond acceptors (Lipinski definition) is 4. The SMILES string of the molecule is O=C(Nc1ccccc1)c1ccc(NCc2ccccc2Cl)nn1. The number of carbonyl (C=O) groups excluding carboxylic acids is 1. The van der Waals surface area contributed by atoms with Crippen molar-refractivity contribution in [2.24, 2.45) is 0 Å². The molecule has 1 amide bonds. The lowest BCUT2D eigenvalue weighted by Crippen LogP contribution is -2.14. The number of benzene rings is 2. The third kappa shape index (κ3) is 4.08. The zero-order chi connectivity index (χ0) is 16.8. The number of aromatic nitrogens is 2. The number of rotatable bonds is 5. The summed E-state index contributed by atoms with van der Waals surface area (Å²) in [5.41, 5.74) is 1.93. The molecule has 0 spiro atoms. The van der Waals surface area contributed by atoms with Gasteiger partial charge in [0, 0.05) is 17.3 Å². The van der Waals surface area contributed by atoms with Gasteiger partial charge in [-0.05, 0) is 35.9 Å². The largest absolute Gasteiger partial charge is 0.364 e. The monoisotopic (exact) mass is 338 g/mol. The van der Waals surface area contributed by atoms with Gasteiger partial charge in [0.25, 0.3) is 5.91 Å². The van der Waals surface area contributed by atoms with E-state index in [-0.39, 0.29) is 11.6 Å². The topological polar surface area (TPSA) is 66.9 Å². The molecular weight excluding hydrogens is 324 g/mol. The summed E-state index contributed by atoms with van der Waals surface area (Å²) in [5.74, 6) is 0.275. The second kappa shape index (κ2) is 7.57. The number of anilines is 2. The van der Waals surface area contributed by atoms with Crippen LogP contribution in [0.15, 0.2) is 66.7 Å². The summed E-state index contributed by atoms with van der Waals surface area (Å²) in [5, 5.41) is 14.6. The lowest BCUT2D eigenvalue weighted by Gasteiger charge is -2.07. The standard InChI is InChI=1S/C18H15ClN4O/c19-15-9-5-4-6-13(15)12-20-17-11-10-16(22-23-17)18(24)21-14-7-2-1-3-8-14/h1-11H,12H2,(H,20,23)(H,21,24). The van der Waals surface area contributed by atoms with Crippen molar-refractivity contribution in [2.75, 3.05) is 10.6 Å². The van der Waals surface area contributed by atoms with Crippen LogP contribution < -0.4 is 10.6 Å². The maximum atomic E-state index is 12.1. The molecule has 2 N–H and O–H groups in total. The summed E-state index contributed by atoms with van der Waals surface area (Å²) in [7, 11) is 0. The number of amides is 1. The van der Waals surface area contributed by atoms with Crippen LogP contribution in [0.1, 0.15) is 16.1 Å². The minimum Gasteiger partial charge on any atom is -0.364 e. The first-order valence-electron chi connectivity index (χ1n) is 7.40. The number of carbonyl (C=O) groups is 1. The van der Waals surface area contributed by atoms with Gasteiger partial charge in [0.05, 0.1) is 0 Å². The lowest BCUT2D eigenvalue weighted by molar-refractivity contribution is 0.102. The molecule has 0 saturated heterocycles. The molecular formula is C18H15ClN4O. The Morgan fingerprint density at radius 1 is 0.917 bits per heavy atom. The third-order valence-corrected chi connectivity index (χ3v) is 3.72. The van der Waals surface area contributed by atoms with Crippen LogP contribution in [0, 0.1) is 0 Å². The van der Waals surface area contributed by atoms with Crippen LogP contribution in [0.5, 0.6) is 0 Å². The summed E-state index contributed by atoms with van der Waals surface area (Å²) < 4.78 is 0. The molecule has 0 bridgehead atoms. The van der Waals surface area contributed by atoms with Crippen LogP contribution in [0.3, 0.4) is 0 Å². The zero-order valence-electron chi connectivity index (χ0n) is 12.7. The summed E-state index contributed by atoms with van der Waals surface area (Å²) in [6.07, 6.45) is 0. The molecule has 2 aromatic carbocycles. The number of para-hydroxylation sites is 1. The van der Waals surface area contributed by atoms with E-state index in [4.69, 9.17) is 11.6 Å². The average molecular weight is 339 g/mol. The highest BCUT2D eigenvalue weighted by Crippen LogP contribution is 2.16. The molecule has 3 rings (SSSR count). The Morgan fingerprint density at radius 3 is 2.38 bits per heavy atom. The van der Waals surface area contributed by atoms with Gasteiger partial charge >= 0.3 is 0 Å². The predicted octanol–water partition coefficient (Wildman–Crippen LogP) is 3.99. The van der Waals surface area contributed by atoms with Gasteiger partial charge in [-0.25, -0.2) is 0 Å². The van der Waals surface area contributed by atoms with Crippen LogP contribution in [-0.2, 0) is 6.54 Å². The Hall–Kier alpha value is -2.92. The molecule has 0 saturated carbocycles. The van der Waals surface area contributed by atoms with Crippen molar-refractivity contribution < 1.29 is 4.79 Å². The molecule has 1 aromatic heterocycles. The van der Waals surface area contributed by atoms with E-state index in [9.17, 15) is 4.79 Å². The third-order valence-electron chi connectivity index (χ3n) is 3.35. The van der Waals surface area contributed by atoms with E-state index in [2.05, 4.69) is 20.8 Å². The van der Waals surface area contributed by atoms with E-state index < -0.39 is 0 Å². The van der Waals surface area contributed by atoms with Crippen molar-refractivity contribution >= 4 is 29.0 Å². The smallest absolute Gasteiger partial charge is 0.276 e. The Labute approximate surface area is 144 Å². The molecule has 0 unspecified atom stereocenters. The summed E-state index contributed by atoms with van der Waals surface area (Å²) in [6.45, 7) is 0.532. The highest BCUT2D eigenvalue weighted by molar-refractivity contribution is 6.31. The summed E-state index contributed by atoms with van der Waals surface area (Å²) in [6, 6.07) is 20.1. The first-order chi connectivity index (χ1) is 11.7. The molecule has 0 radical (unpaired) electrons. The molecule has 6 heteroatoms. The van der Waals surface area contributed by atoms with E-state index in [0.717, 1.165) is 5.56 Å². The quantitative estimate of drug-likeness (QED) is 0.738. The van der Waals surface area contributed by atoms with Crippen LogP contribution in [0.2, 0.25) is 5.02 Å². The minimum atomic E-state index is -0.300. The normalized spacial score (nSPS) is 10.2. The highest BCUT2D eigenvalue weighted by atomic mass is 35.5. The zero-order valence-corrected chi connectivity index (χ0v) is 13.5. The van der Waals surface area contributed by atoms with Crippen molar-refractivity contribution in [3.05, 3.63) is 83.0 Å². The number of halogens is 1. The highest BCUT2D eigenvalue weighted by Gasteiger charge is 2.08. The molecule has 0 atom stereocenters. The first kappa shape index (κ1) is 16.0. The van der Waals surface area contributed by atoms with Crippen LogP contribution >= 0.6 is 11.6 Å². The van der Waals surface area contributed by atoms with Crippen molar-refractivity contribution in [1.29, 1.82) is 0 Å². The van der Waals surface area contributed by atoms with E-state index in [1.807, 2.05) is 54.6 Å². The molecule has 24 heavy (non-hydrogen) atoms. The Kier molecular flexibility index (Phi) is 5.03. The van der Waals surface area contributed by atoms with E-state index >= 15 is 0 Å². The molecule has 120 valence electrons. The van der Waals surface area contributed by atoms with Gasteiger partial charge in [-0.15, -0.1) is 10.2 Å². The van der Waals surface area contributed by atoms with E-state index in [0.29, 0.717) is 23.1 Å². The fraction of sp³-hybridized carbons (Fsp3) is 0.0556. The fourth-order valence-electron chi connectivity index (χ4n) is 2.09. The van der Waals surface area contributed by atoms with Gasteiger partial charge < -0.3 is 10.6 Å². The number of hydrogen-bond donors (Lipinski definition) is 2. The second-order valence-corrected chi connectivity index (χ2v) is 5.48. The molecule has 0 aliphatic heterocycles. The minimum absolute atomic E-state index is 0.252. The summed E-state index contributed by atoms with van der Waals surface area (Å²) in [4.78, 5) is 12.1. The molecule has 0 aliphatic carbocycles. The summed E-state index contributed by atoms with van der Waals surface area (Å²) >= 11 is 6.11. The van der Waals surface area contributed by atoms with Gasteiger partial charge in [0.2, 0.25) is 0 Å². The van der Waals surface area contributed by atoms with E-state index in [1.165, 1.54) is 0 Å². The first-order valence-corrected chi connectivity index (χ1v) is 7.77. The van der Waals surface area contributed by atoms with Crippen molar-refractivity contribution in [1.82, 2.24) is 10.2 Å². The predicted molar refractivity (Wildman–Crippen MR) is 95.2 cm³/mol. The lowest BCUT2D eigenvalue weighted by atomic mass is 10.2. The Bertz CT molecular complexity index is 822. The maximum absolute atomic E-state index is 12.1. The average Bonchev–Trinajstić information content (AvgIpc) is 2.62. The van der Waals surface area contributed by atoms with Crippen LogP contribution in [0.4, 0.5) is 11.5 Å².